The van der Waals surface area contributed by atoms with Gasteiger partial charge in [0.1, 0.15) is 0 Å². The summed E-state index contributed by atoms with van der Waals surface area (Å²) >= 11 is 0. The van der Waals surface area contributed by atoms with Gasteiger partial charge in [0.15, 0.2) is 0 Å². The van der Waals surface area contributed by atoms with Crippen LogP contribution in [0.5, 0.6) is 0 Å². The van der Waals surface area contributed by atoms with E-state index in [9.17, 15) is 14.4 Å². The zero-order valence-corrected chi connectivity index (χ0v) is 9.50. The van der Waals surface area contributed by atoms with Crippen LogP contribution in [0.4, 0.5) is 0 Å². The third-order valence-electron chi connectivity index (χ3n) is 2.73. The lowest BCUT2D eigenvalue weighted by molar-refractivity contribution is -0.136. The number of nitrogens with zero attached hydrogens (tertiary/aromatic N) is 1. The van der Waals surface area contributed by atoms with E-state index >= 15 is 0 Å². The van der Waals surface area contributed by atoms with Crippen LogP contribution >= 0.6 is 0 Å². The van der Waals surface area contributed by atoms with Crippen molar-refractivity contribution in [3.8, 4) is 0 Å². The number of carboxylic acids is 1. The van der Waals surface area contributed by atoms with Gasteiger partial charge in [0.25, 0.3) is 11.8 Å². The van der Waals surface area contributed by atoms with Gasteiger partial charge in [-0.15, -0.1) is 0 Å². The Morgan fingerprint density at radius 1 is 1.06 bits per heavy atom. The summed E-state index contributed by atoms with van der Waals surface area (Å²) in [5.41, 5.74) is 1.10. The maximum Gasteiger partial charge on any atom is 0.335 e. The highest BCUT2D eigenvalue weighted by Crippen LogP contribution is 2.09. The fourth-order valence-corrected chi connectivity index (χ4v) is 1.71. The largest absolute Gasteiger partial charge is 0.478 e. The lowest BCUT2D eigenvalue weighted by Crippen LogP contribution is -2.31. The van der Waals surface area contributed by atoms with Crippen molar-refractivity contribution in [3.63, 3.8) is 0 Å². The number of aromatic carboxylic acids is 1. The minimum absolute atomic E-state index is 0.216. The topological polar surface area (TPSA) is 74.7 Å². The summed E-state index contributed by atoms with van der Waals surface area (Å²) < 4.78 is 0. The predicted molar refractivity (Wildman–Crippen MR) is 63.0 cm³/mol. The number of carbonyl (C=O) groups excluding carboxylic acids is 2. The molecule has 0 unspecified atom stereocenters. The molecule has 0 atom stereocenters. The van der Waals surface area contributed by atoms with Crippen molar-refractivity contribution < 1.29 is 19.5 Å². The second-order valence-corrected chi connectivity index (χ2v) is 3.91. The molecule has 2 rings (SSSR count). The van der Waals surface area contributed by atoms with E-state index < -0.39 is 5.97 Å². The first kappa shape index (κ1) is 12.0. The van der Waals surface area contributed by atoms with Crippen molar-refractivity contribution in [1.82, 2.24) is 4.90 Å². The lowest BCUT2D eigenvalue weighted by Gasteiger charge is -2.13. The molecule has 1 aromatic carbocycles. The minimum atomic E-state index is -0.976. The Bertz CT molecular complexity index is 512. The van der Waals surface area contributed by atoms with Gasteiger partial charge in [-0.05, 0) is 24.1 Å². The van der Waals surface area contributed by atoms with Crippen molar-refractivity contribution in [1.29, 1.82) is 0 Å². The van der Waals surface area contributed by atoms with Crippen molar-refractivity contribution in [2.75, 3.05) is 6.54 Å². The summed E-state index contributed by atoms with van der Waals surface area (Å²) in [7, 11) is 0. The van der Waals surface area contributed by atoms with E-state index in [4.69, 9.17) is 5.11 Å². The fourth-order valence-electron chi connectivity index (χ4n) is 1.71. The second-order valence-electron chi connectivity index (χ2n) is 3.91. The molecule has 0 aliphatic carbocycles. The molecule has 1 heterocycles. The van der Waals surface area contributed by atoms with Crippen LogP contribution < -0.4 is 0 Å². The third kappa shape index (κ3) is 2.45. The first-order valence-corrected chi connectivity index (χ1v) is 5.44. The molecule has 0 saturated carbocycles. The van der Waals surface area contributed by atoms with Crippen LogP contribution in [0.2, 0.25) is 0 Å². The highest BCUT2D eigenvalue weighted by molar-refractivity contribution is 6.12. The Morgan fingerprint density at radius 2 is 1.61 bits per heavy atom. The molecule has 1 aliphatic heterocycles. The molecule has 0 aromatic heterocycles. The van der Waals surface area contributed by atoms with E-state index in [0.29, 0.717) is 13.0 Å². The van der Waals surface area contributed by atoms with Gasteiger partial charge in [0.2, 0.25) is 0 Å². The molecule has 2 amide bonds. The van der Waals surface area contributed by atoms with Gasteiger partial charge in [0, 0.05) is 18.7 Å². The van der Waals surface area contributed by atoms with Gasteiger partial charge in [0.05, 0.1) is 5.56 Å². The molecular weight excluding hydrogens is 234 g/mol. The summed E-state index contributed by atoms with van der Waals surface area (Å²) in [5.74, 6) is -1.58. The van der Waals surface area contributed by atoms with Gasteiger partial charge in [-0.1, -0.05) is 12.1 Å². The fraction of sp³-hybridized carbons (Fsp3) is 0.154. The first-order chi connectivity index (χ1) is 8.58. The Morgan fingerprint density at radius 3 is 2.11 bits per heavy atom. The van der Waals surface area contributed by atoms with Gasteiger partial charge in [-0.2, -0.15) is 0 Å². The smallest absolute Gasteiger partial charge is 0.335 e. The summed E-state index contributed by atoms with van der Waals surface area (Å²) in [4.78, 5) is 34.4. The van der Waals surface area contributed by atoms with E-state index in [2.05, 4.69) is 0 Å². The van der Waals surface area contributed by atoms with E-state index in [1.165, 1.54) is 24.3 Å². The van der Waals surface area contributed by atoms with E-state index in [1.807, 2.05) is 0 Å². The Kier molecular flexibility index (Phi) is 3.23. The van der Waals surface area contributed by atoms with Crippen LogP contribution in [0.25, 0.3) is 0 Å². The third-order valence-corrected chi connectivity index (χ3v) is 2.73. The van der Waals surface area contributed by atoms with E-state index in [-0.39, 0.29) is 17.4 Å². The van der Waals surface area contributed by atoms with Crippen LogP contribution in [0.15, 0.2) is 36.4 Å². The van der Waals surface area contributed by atoms with E-state index in [0.717, 1.165) is 10.5 Å². The number of amides is 2. The molecule has 1 aromatic rings. The predicted octanol–water partition coefficient (Wildman–Crippen LogP) is 0.852. The first-order valence-electron chi connectivity index (χ1n) is 5.44. The molecule has 92 valence electrons. The van der Waals surface area contributed by atoms with Crippen molar-refractivity contribution in [3.05, 3.63) is 47.5 Å². The average Bonchev–Trinajstić information content (AvgIpc) is 2.67. The molecule has 0 bridgehead atoms. The van der Waals surface area contributed by atoms with Crippen molar-refractivity contribution in [2.24, 2.45) is 0 Å². The number of imide groups is 1. The van der Waals surface area contributed by atoms with Crippen LogP contribution in [-0.2, 0) is 16.0 Å². The monoisotopic (exact) mass is 245 g/mol. The molecule has 5 heteroatoms. The molecule has 0 spiro atoms. The van der Waals surface area contributed by atoms with Crippen LogP contribution in [0, 0.1) is 0 Å². The highest BCUT2D eigenvalue weighted by Gasteiger charge is 2.22. The number of benzene rings is 1. The summed E-state index contributed by atoms with van der Waals surface area (Å²) in [6.45, 7) is 0.303. The molecule has 1 N–H and O–H groups in total. The normalized spacial score (nSPS) is 14.3. The minimum Gasteiger partial charge on any atom is -0.478 e. The quantitative estimate of drug-likeness (QED) is 0.798. The van der Waals surface area contributed by atoms with Crippen molar-refractivity contribution in [2.45, 2.75) is 6.42 Å². The zero-order chi connectivity index (χ0) is 13.1. The van der Waals surface area contributed by atoms with Crippen molar-refractivity contribution >= 4 is 17.8 Å². The lowest BCUT2D eigenvalue weighted by atomic mass is 10.1. The highest BCUT2D eigenvalue weighted by atomic mass is 16.4. The number of carboxylic acid groups (broad SMARTS) is 1. The Labute approximate surface area is 103 Å². The standard InChI is InChI=1S/C13H11NO4/c15-11-5-6-12(16)14(11)8-7-9-1-3-10(4-2-9)13(17)18/h1-6H,7-8H2,(H,17,18). The summed E-state index contributed by atoms with van der Waals surface area (Å²) in [6.07, 6.45) is 3.00. The van der Waals surface area contributed by atoms with Gasteiger partial charge in [-0.25, -0.2) is 4.79 Å². The molecular formula is C13H11NO4. The molecule has 18 heavy (non-hydrogen) atoms. The second kappa shape index (κ2) is 4.83. The maximum absolute atomic E-state index is 11.3. The van der Waals surface area contributed by atoms with Gasteiger partial charge < -0.3 is 5.11 Å². The van der Waals surface area contributed by atoms with Gasteiger partial charge in [-0.3, -0.25) is 14.5 Å². The molecule has 1 aliphatic rings. The Hall–Kier alpha value is -2.43. The number of hydrogen-bond donors (Lipinski definition) is 1. The number of hydrogen-bond acceptors (Lipinski definition) is 3. The summed E-state index contributed by atoms with van der Waals surface area (Å²) in [6, 6.07) is 6.37. The van der Waals surface area contributed by atoms with E-state index in [1.54, 1.807) is 12.1 Å². The van der Waals surface area contributed by atoms with Crippen LogP contribution in [-0.4, -0.2) is 34.3 Å². The molecule has 0 fully saturated rings. The molecule has 0 saturated heterocycles. The Balaban J connectivity index is 1.96. The SMILES string of the molecule is O=C(O)c1ccc(CCN2C(=O)C=CC2=O)cc1. The average molecular weight is 245 g/mol. The maximum atomic E-state index is 11.3. The zero-order valence-electron chi connectivity index (χ0n) is 9.50. The summed E-state index contributed by atoms with van der Waals surface area (Å²) in [5, 5.41) is 8.74. The number of carbonyl (C=O) groups is 3. The van der Waals surface area contributed by atoms with Gasteiger partial charge >= 0.3 is 5.97 Å². The number of rotatable bonds is 4. The van der Waals surface area contributed by atoms with Crippen LogP contribution in [0.3, 0.4) is 0 Å². The molecule has 0 radical (unpaired) electrons. The van der Waals surface area contributed by atoms with Crippen LogP contribution in [0.1, 0.15) is 15.9 Å². The molecule has 5 nitrogen and oxygen atoms in total.